The zero-order valence-corrected chi connectivity index (χ0v) is 14.9. The molecule has 2 rings (SSSR count). The molecule has 1 atom stereocenters. The van der Waals surface area contributed by atoms with Crippen molar-refractivity contribution < 1.29 is 0 Å². The lowest BCUT2D eigenvalue weighted by Gasteiger charge is -2.20. The van der Waals surface area contributed by atoms with E-state index in [0.717, 1.165) is 13.0 Å². The quantitative estimate of drug-likeness (QED) is 0.833. The van der Waals surface area contributed by atoms with Crippen LogP contribution in [0.25, 0.3) is 0 Å². The van der Waals surface area contributed by atoms with Gasteiger partial charge in [0.1, 0.15) is 5.01 Å². The second-order valence-corrected chi connectivity index (χ2v) is 9.06. The fraction of sp³-hybridized carbons (Fsp3) is 0.812. The average molecular weight is 313 g/mol. The van der Waals surface area contributed by atoms with Crippen LogP contribution in [0.15, 0.2) is 0 Å². The molecule has 114 valence electrons. The Labute approximate surface area is 132 Å². The van der Waals surface area contributed by atoms with Crippen LogP contribution in [-0.4, -0.2) is 16.3 Å². The van der Waals surface area contributed by atoms with Gasteiger partial charge in [-0.15, -0.1) is 11.3 Å². The van der Waals surface area contributed by atoms with Gasteiger partial charge in [-0.1, -0.05) is 19.8 Å². The number of nitrogens with one attached hydrogen (secondary N) is 1. The molecule has 0 radical (unpaired) electrons. The second kappa shape index (κ2) is 7.28. The predicted octanol–water partition coefficient (Wildman–Crippen LogP) is 4.94. The maximum absolute atomic E-state index is 4.98. The van der Waals surface area contributed by atoms with Crippen LogP contribution in [0.4, 0.5) is 0 Å². The molecule has 1 aromatic heterocycles. The fourth-order valence-electron chi connectivity index (χ4n) is 2.39. The lowest BCUT2D eigenvalue weighted by Crippen LogP contribution is -2.35. The Kier molecular flexibility index (Phi) is 5.94. The number of hydrogen-bond acceptors (Lipinski definition) is 4. The summed E-state index contributed by atoms with van der Waals surface area (Å²) in [5, 5.41) is 5.66. The van der Waals surface area contributed by atoms with Crippen molar-refractivity contribution >= 4 is 23.1 Å². The minimum Gasteiger partial charge on any atom is -0.307 e. The summed E-state index contributed by atoms with van der Waals surface area (Å²) in [7, 11) is 0. The van der Waals surface area contributed by atoms with Gasteiger partial charge >= 0.3 is 0 Å². The average Bonchev–Trinajstić information content (AvgIpc) is 2.80. The van der Waals surface area contributed by atoms with Crippen molar-refractivity contribution in [1.29, 1.82) is 0 Å². The molecule has 1 aliphatic heterocycles. The first-order chi connectivity index (χ1) is 9.49. The van der Waals surface area contributed by atoms with E-state index in [0.29, 0.717) is 5.25 Å². The first-order valence-electron chi connectivity index (χ1n) is 7.84. The van der Waals surface area contributed by atoms with Gasteiger partial charge in [-0.05, 0) is 45.8 Å². The molecule has 4 heteroatoms. The largest absolute Gasteiger partial charge is 0.307 e. The number of rotatable bonds is 5. The van der Waals surface area contributed by atoms with Crippen LogP contribution in [0.1, 0.15) is 74.2 Å². The van der Waals surface area contributed by atoms with E-state index in [1.165, 1.54) is 47.0 Å². The topological polar surface area (TPSA) is 24.9 Å². The van der Waals surface area contributed by atoms with Crippen LogP contribution in [0.2, 0.25) is 0 Å². The van der Waals surface area contributed by atoms with Gasteiger partial charge in [0.25, 0.3) is 0 Å². The molecule has 0 saturated carbocycles. The number of thioether (sulfide) groups is 1. The highest BCUT2D eigenvalue weighted by Gasteiger charge is 2.22. The second-order valence-electron chi connectivity index (χ2n) is 6.63. The van der Waals surface area contributed by atoms with Gasteiger partial charge in [0.05, 0.1) is 10.9 Å². The van der Waals surface area contributed by atoms with Crippen molar-refractivity contribution in [2.75, 3.05) is 5.75 Å². The van der Waals surface area contributed by atoms with E-state index in [1.807, 2.05) is 11.3 Å². The Balaban J connectivity index is 2.10. The van der Waals surface area contributed by atoms with Gasteiger partial charge < -0.3 is 5.32 Å². The van der Waals surface area contributed by atoms with E-state index in [9.17, 15) is 0 Å². The molecular weight excluding hydrogens is 284 g/mol. The van der Waals surface area contributed by atoms with Crippen LogP contribution >= 0.6 is 23.1 Å². The maximum atomic E-state index is 4.98. The number of thiazole rings is 1. The van der Waals surface area contributed by atoms with Crippen molar-refractivity contribution in [3.05, 3.63) is 15.6 Å². The monoisotopic (exact) mass is 312 g/mol. The van der Waals surface area contributed by atoms with Crippen molar-refractivity contribution in [2.45, 2.75) is 77.1 Å². The third-order valence-electron chi connectivity index (χ3n) is 3.52. The molecule has 1 fully saturated rings. The molecule has 0 bridgehead atoms. The molecule has 2 heterocycles. The summed E-state index contributed by atoms with van der Waals surface area (Å²) in [6.45, 7) is 9.89. The molecular formula is C16H28N2S2. The van der Waals surface area contributed by atoms with Gasteiger partial charge in [-0.2, -0.15) is 11.8 Å². The van der Waals surface area contributed by atoms with Crippen LogP contribution in [0, 0.1) is 0 Å². The minimum absolute atomic E-state index is 0.174. The zero-order chi connectivity index (χ0) is 14.6. The Morgan fingerprint density at radius 3 is 2.70 bits per heavy atom. The Morgan fingerprint density at radius 1 is 1.30 bits per heavy atom. The van der Waals surface area contributed by atoms with Crippen LogP contribution in [0.3, 0.4) is 0 Å². The third-order valence-corrected chi connectivity index (χ3v) is 6.26. The van der Waals surface area contributed by atoms with E-state index < -0.39 is 0 Å². The van der Waals surface area contributed by atoms with Gasteiger partial charge in [0.15, 0.2) is 0 Å². The van der Waals surface area contributed by atoms with Gasteiger partial charge in [0.2, 0.25) is 0 Å². The summed E-state index contributed by atoms with van der Waals surface area (Å²) in [6.07, 6.45) is 6.37. The fourth-order valence-corrected chi connectivity index (χ4v) is 4.99. The van der Waals surface area contributed by atoms with Gasteiger partial charge in [-0.25, -0.2) is 4.98 Å². The molecule has 1 aromatic rings. The molecule has 1 unspecified atom stereocenters. The SMILES string of the molecule is CCCc1nc(C2CCCCS2)sc1CNC(C)(C)C. The summed E-state index contributed by atoms with van der Waals surface area (Å²) < 4.78 is 0. The summed E-state index contributed by atoms with van der Waals surface area (Å²) in [5.74, 6) is 1.31. The Bertz CT molecular complexity index is 415. The molecule has 1 aliphatic rings. The smallest absolute Gasteiger partial charge is 0.106 e. The number of aromatic nitrogens is 1. The van der Waals surface area contributed by atoms with Crippen molar-refractivity contribution in [3.63, 3.8) is 0 Å². The summed E-state index contributed by atoms with van der Waals surface area (Å²) >= 11 is 4.06. The third kappa shape index (κ3) is 4.74. The zero-order valence-electron chi connectivity index (χ0n) is 13.3. The van der Waals surface area contributed by atoms with E-state index in [4.69, 9.17) is 4.98 Å². The standard InChI is InChI=1S/C16H28N2S2/c1-5-8-12-14(11-17-16(2,3)4)20-15(18-12)13-9-6-7-10-19-13/h13,17H,5-11H2,1-4H3. The number of hydrogen-bond donors (Lipinski definition) is 1. The lowest BCUT2D eigenvalue weighted by atomic mass is 10.1. The molecule has 1 saturated heterocycles. The minimum atomic E-state index is 0.174. The van der Waals surface area contributed by atoms with E-state index in [-0.39, 0.29) is 5.54 Å². The number of nitrogens with zero attached hydrogens (tertiary/aromatic N) is 1. The number of aryl methyl sites for hydroxylation is 1. The highest BCUT2D eigenvalue weighted by Crippen LogP contribution is 2.40. The summed E-state index contributed by atoms with van der Waals surface area (Å²) in [6, 6.07) is 0. The molecule has 0 aliphatic carbocycles. The first-order valence-corrected chi connectivity index (χ1v) is 9.71. The predicted molar refractivity (Wildman–Crippen MR) is 91.8 cm³/mol. The Morgan fingerprint density at radius 2 is 2.10 bits per heavy atom. The molecule has 1 N–H and O–H groups in total. The van der Waals surface area contributed by atoms with Crippen LogP contribution in [0.5, 0.6) is 0 Å². The van der Waals surface area contributed by atoms with Crippen LogP contribution in [-0.2, 0) is 13.0 Å². The normalized spacial score (nSPS) is 20.3. The maximum Gasteiger partial charge on any atom is 0.106 e. The van der Waals surface area contributed by atoms with E-state index >= 15 is 0 Å². The lowest BCUT2D eigenvalue weighted by molar-refractivity contribution is 0.425. The molecule has 20 heavy (non-hydrogen) atoms. The summed E-state index contributed by atoms with van der Waals surface area (Å²) in [4.78, 5) is 6.44. The molecule has 2 nitrogen and oxygen atoms in total. The first kappa shape index (κ1) is 16.3. The van der Waals surface area contributed by atoms with Gasteiger partial charge in [-0.3, -0.25) is 0 Å². The van der Waals surface area contributed by atoms with E-state index in [2.05, 4.69) is 44.8 Å². The Hall–Kier alpha value is -0.0600. The molecule has 0 spiro atoms. The van der Waals surface area contributed by atoms with Crippen molar-refractivity contribution in [2.24, 2.45) is 0 Å². The molecule has 0 aromatic carbocycles. The highest BCUT2D eigenvalue weighted by atomic mass is 32.2. The van der Waals surface area contributed by atoms with Crippen molar-refractivity contribution in [1.82, 2.24) is 10.3 Å². The van der Waals surface area contributed by atoms with Gasteiger partial charge in [0, 0.05) is 17.0 Å². The van der Waals surface area contributed by atoms with Crippen LogP contribution < -0.4 is 5.32 Å². The van der Waals surface area contributed by atoms with E-state index in [1.54, 1.807) is 0 Å². The molecule has 0 amide bonds. The van der Waals surface area contributed by atoms with Crippen molar-refractivity contribution in [3.8, 4) is 0 Å². The highest BCUT2D eigenvalue weighted by molar-refractivity contribution is 7.99. The summed E-state index contributed by atoms with van der Waals surface area (Å²) in [5.41, 5.74) is 1.52.